The number of carbonyl (C=O) groups excluding carboxylic acids is 1. The SMILES string of the molecule is O=C(c1ccc(Cl)c(-c2ccc(-c3ccccc3)cc2)c1)N(CC1CCNCC1)c1cccnc1. The first kappa shape index (κ1) is 23.3. The number of aromatic nitrogens is 1. The summed E-state index contributed by atoms with van der Waals surface area (Å²) in [6, 6.07) is 28.0. The van der Waals surface area contributed by atoms with Gasteiger partial charge in [-0.25, -0.2) is 0 Å². The Labute approximate surface area is 211 Å². The highest BCUT2D eigenvalue weighted by molar-refractivity contribution is 6.33. The van der Waals surface area contributed by atoms with Crippen LogP contribution in [-0.4, -0.2) is 30.5 Å². The minimum atomic E-state index is -0.0321. The Morgan fingerprint density at radius 1 is 0.886 bits per heavy atom. The largest absolute Gasteiger partial charge is 0.317 e. The molecule has 1 aromatic heterocycles. The molecule has 1 fully saturated rings. The highest BCUT2D eigenvalue weighted by Crippen LogP contribution is 2.32. The lowest BCUT2D eigenvalue weighted by Crippen LogP contribution is -2.39. The van der Waals surface area contributed by atoms with Crippen LogP contribution in [0.1, 0.15) is 23.2 Å². The molecule has 5 heteroatoms. The maximum absolute atomic E-state index is 13.8. The van der Waals surface area contributed by atoms with Crippen molar-refractivity contribution in [2.75, 3.05) is 24.5 Å². The van der Waals surface area contributed by atoms with Crippen LogP contribution in [0.5, 0.6) is 0 Å². The summed E-state index contributed by atoms with van der Waals surface area (Å²) in [5, 5.41) is 4.03. The van der Waals surface area contributed by atoms with Gasteiger partial charge in [0.15, 0.2) is 0 Å². The zero-order chi connectivity index (χ0) is 24.0. The van der Waals surface area contributed by atoms with Crippen LogP contribution >= 0.6 is 11.6 Å². The summed E-state index contributed by atoms with van der Waals surface area (Å²) in [5.74, 6) is 0.424. The van der Waals surface area contributed by atoms with Crippen LogP contribution in [0.15, 0.2) is 97.3 Å². The second-order valence-corrected chi connectivity index (χ2v) is 9.37. The van der Waals surface area contributed by atoms with E-state index in [4.69, 9.17) is 11.6 Å². The van der Waals surface area contributed by atoms with E-state index in [0.29, 0.717) is 23.0 Å². The molecule has 0 atom stereocenters. The zero-order valence-electron chi connectivity index (χ0n) is 19.5. The minimum absolute atomic E-state index is 0.0321. The van der Waals surface area contributed by atoms with Crippen LogP contribution in [0.3, 0.4) is 0 Å². The fourth-order valence-electron chi connectivity index (χ4n) is 4.65. The van der Waals surface area contributed by atoms with Crippen LogP contribution in [0.25, 0.3) is 22.3 Å². The summed E-state index contributed by atoms with van der Waals surface area (Å²) >= 11 is 6.60. The second kappa shape index (κ2) is 10.9. The molecule has 0 unspecified atom stereocenters. The minimum Gasteiger partial charge on any atom is -0.317 e. The molecule has 1 N–H and O–H groups in total. The van der Waals surface area contributed by atoms with E-state index < -0.39 is 0 Å². The van der Waals surface area contributed by atoms with Crippen molar-refractivity contribution in [3.8, 4) is 22.3 Å². The van der Waals surface area contributed by atoms with Gasteiger partial charge in [0, 0.05) is 28.9 Å². The zero-order valence-corrected chi connectivity index (χ0v) is 20.3. The van der Waals surface area contributed by atoms with Crippen LogP contribution in [0, 0.1) is 5.92 Å². The molecule has 0 radical (unpaired) electrons. The number of nitrogens with one attached hydrogen (secondary N) is 1. The number of pyridine rings is 1. The molecule has 3 aromatic carbocycles. The lowest BCUT2D eigenvalue weighted by atomic mass is 9.96. The van der Waals surface area contributed by atoms with Crippen molar-refractivity contribution in [2.24, 2.45) is 5.92 Å². The number of anilines is 1. The second-order valence-electron chi connectivity index (χ2n) is 8.96. The van der Waals surface area contributed by atoms with Crippen molar-refractivity contribution >= 4 is 23.2 Å². The predicted octanol–water partition coefficient (Wildman–Crippen LogP) is 6.72. The highest BCUT2D eigenvalue weighted by Gasteiger charge is 2.24. The van der Waals surface area contributed by atoms with Crippen LogP contribution < -0.4 is 10.2 Å². The van der Waals surface area contributed by atoms with Crippen molar-refractivity contribution < 1.29 is 4.79 Å². The quantitative estimate of drug-likeness (QED) is 0.332. The number of piperidine rings is 1. The molecule has 0 spiro atoms. The molecular weight excluding hydrogens is 454 g/mol. The monoisotopic (exact) mass is 481 g/mol. The number of amides is 1. The van der Waals surface area contributed by atoms with Gasteiger partial charge in [0.1, 0.15) is 0 Å². The van der Waals surface area contributed by atoms with E-state index in [1.54, 1.807) is 12.4 Å². The molecule has 176 valence electrons. The van der Waals surface area contributed by atoms with Crippen LogP contribution in [0.2, 0.25) is 5.02 Å². The molecule has 1 saturated heterocycles. The van der Waals surface area contributed by atoms with E-state index >= 15 is 0 Å². The summed E-state index contributed by atoms with van der Waals surface area (Å²) in [7, 11) is 0. The number of nitrogens with zero attached hydrogens (tertiary/aromatic N) is 2. The summed E-state index contributed by atoms with van der Waals surface area (Å²) < 4.78 is 0. The first-order chi connectivity index (χ1) is 17.2. The molecule has 0 aliphatic carbocycles. The van der Waals surface area contributed by atoms with E-state index in [0.717, 1.165) is 48.3 Å². The Morgan fingerprint density at radius 2 is 1.60 bits per heavy atom. The van der Waals surface area contributed by atoms with Crippen molar-refractivity contribution in [1.29, 1.82) is 0 Å². The topological polar surface area (TPSA) is 45.2 Å². The third kappa shape index (κ3) is 5.45. The number of carbonyl (C=O) groups is 1. The van der Waals surface area contributed by atoms with Gasteiger partial charge in [-0.1, -0.05) is 66.2 Å². The molecule has 5 rings (SSSR count). The lowest BCUT2D eigenvalue weighted by Gasteiger charge is -2.30. The maximum Gasteiger partial charge on any atom is 0.258 e. The van der Waals surface area contributed by atoms with E-state index in [2.05, 4.69) is 46.7 Å². The molecule has 0 bridgehead atoms. The number of rotatable bonds is 6. The third-order valence-corrected chi connectivity index (χ3v) is 6.95. The van der Waals surface area contributed by atoms with Gasteiger partial charge in [-0.3, -0.25) is 9.78 Å². The predicted molar refractivity (Wildman–Crippen MR) is 144 cm³/mol. The van der Waals surface area contributed by atoms with Gasteiger partial charge in [0.2, 0.25) is 0 Å². The Kier molecular flexibility index (Phi) is 7.22. The average Bonchev–Trinajstić information content (AvgIpc) is 2.93. The van der Waals surface area contributed by atoms with Gasteiger partial charge >= 0.3 is 0 Å². The van der Waals surface area contributed by atoms with Gasteiger partial charge in [0.05, 0.1) is 11.9 Å². The van der Waals surface area contributed by atoms with Crippen molar-refractivity contribution in [1.82, 2.24) is 10.3 Å². The number of benzene rings is 3. The maximum atomic E-state index is 13.8. The first-order valence-corrected chi connectivity index (χ1v) is 12.4. The molecule has 35 heavy (non-hydrogen) atoms. The smallest absolute Gasteiger partial charge is 0.258 e. The average molecular weight is 482 g/mol. The highest BCUT2D eigenvalue weighted by atomic mass is 35.5. The lowest BCUT2D eigenvalue weighted by molar-refractivity contribution is 0.0980. The molecule has 1 aliphatic rings. The van der Waals surface area contributed by atoms with E-state index in [9.17, 15) is 4.79 Å². The molecule has 1 amide bonds. The Bertz CT molecular complexity index is 1270. The van der Waals surface area contributed by atoms with Crippen molar-refractivity contribution in [3.05, 3.63) is 108 Å². The van der Waals surface area contributed by atoms with E-state index in [-0.39, 0.29) is 5.91 Å². The Morgan fingerprint density at radius 3 is 2.31 bits per heavy atom. The third-order valence-electron chi connectivity index (χ3n) is 6.62. The van der Waals surface area contributed by atoms with Gasteiger partial charge in [-0.2, -0.15) is 0 Å². The summed E-state index contributed by atoms with van der Waals surface area (Å²) in [6.45, 7) is 2.66. The number of halogens is 1. The van der Waals surface area contributed by atoms with Crippen LogP contribution in [0.4, 0.5) is 5.69 Å². The Balaban J connectivity index is 1.44. The van der Waals surface area contributed by atoms with E-state index in [1.807, 2.05) is 53.4 Å². The molecule has 0 saturated carbocycles. The fraction of sp³-hybridized carbons (Fsp3) is 0.200. The molecule has 4 nitrogen and oxygen atoms in total. The summed E-state index contributed by atoms with van der Waals surface area (Å²) in [6.07, 6.45) is 5.61. The number of hydrogen-bond acceptors (Lipinski definition) is 3. The standard InChI is InChI=1S/C30H28ClN3O/c31-29-13-12-26(19-28(29)25-10-8-24(9-11-25)23-5-2-1-3-6-23)30(35)34(27-7-4-16-33-20-27)21-22-14-17-32-18-15-22/h1-13,16,19-20,22,32H,14-15,17-18,21H2. The van der Waals surface area contributed by atoms with E-state index in [1.165, 1.54) is 5.56 Å². The van der Waals surface area contributed by atoms with Crippen molar-refractivity contribution in [2.45, 2.75) is 12.8 Å². The molecule has 1 aliphatic heterocycles. The van der Waals surface area contributed by atoms with Gasteiger partial charge in [-0.15, -0.1) is 0 Å². The molecule has 2 heterocycles. The molecule has 4 aromatic rings. The van der Waals surface area contributed by atoms with Gasteiger partial charge in [-0.05, 0) is 78.9 Å². The Hall–Kier alpha value is -3.47. The fourth-order valence-corrected chi connectivity index (χ4v) is 4.88. The molecular formula is C30H28ClN3O. The number of hydrogen-bond donors (Lipinski definition) is 1. The van der Waals surface area contributed by atoms with Crippen LogP contribution in [-0.2, 0) is 0 Å². The normalized spacial score (nSPS) is 14.0. The summed E-state index contributed by atoms with van der Waals surface area (Å²) in [5.41, 5.74) is 5.58. The first-order valence-electron chi connectivity index (χ1n) is 12.1. The van der Waals surface area contributed by atoms with Gasteiger partial charge < -0.3 is 10.2 Å². The van der Waals surface area contributed by atoms with Crippen molar-refractivity contribution in [3.63, 3.8) is 0 Å². The summed E-state index contributed by atoms with van der Waals surface area (Å²) in [4.78, 5) is 19.9. The van der Waals surface area contributed by atoms with Gasteiger partial charge in [0.25, 0.3) is 5.91 Å².